The van der Waals surface area contributed by atoms with E-state index in [1.165, 1.54) is 32.7 Å². The lowest BCUT2D eigenvalue weighted by Gasteiger charge is -2.30. The largest absolute Gasteiger partial charge is 0.456 e. The van der Waals surface area contributed by atoms with E-state index in [4.69, 9.17) is 4.42 Å². The smallest absolute Gasteiger partial charge is 0.136 e. The average Bonchev–Trinajstić information content (AvgIpc) is 3.60. The lowest BCUT2D eigenvalue weighted by atomic mass is 9.93. The van der Waals surface area contributed by atoms with Gasteiger partial charge in [0.2, 0.25) is 0 Å². The fraction of sp³-hybridized carbons (Fsp3) is 0. The molecule has 0 saturated carbocycles. The lowest BCUT2D eigenvalue weighted by Crippen LogP contribution is -2.12. The number of anilines is 3. The van der Waals surface area contributed by atoms with E-state index < -0.39 is 0 Å². The minimum Gasteiger partial charge on any atom is -0.456 e. The summed E-state index contributed by atoms with van der Waals surface area (Å²) in [5, 5.41) is 7.11. The van der Waals surface area contributed by atoms with Crippen molar-refractivity contribution in [2.75, 3.05) is 4.90 Å². The molecule has 0 atom stereocenters. The van der Waals surface area contributed by atoms with Crippen LogP contribution in [0.4, 0.5) is 17.1 Å². The molecular weight excluding hydrogens is 631 g/mol. The molecule has 0 unspecified atom stereocenters. The van der Waals surface area contributed by atoms with Crippen molar-refractivity contribution >= 4 is 60.5 Å². The number of fused-ring (bicyclic) bond motifs is 5. The zero-order valence-corrected chi connectivity index (χ0v) is 28.4. The van der Waals surface area contributed by atoms with Crippen LogP contribution in [0.3, 0.4) is 0 Å². The topological polar surface area (TPSA) is 16.4 Å². The molecule has 0 aliphatic heterocycles. The first-order valence-electron chi connectivity index (χ1n) is 17.8. The molecule has 0 saturated heterocycles. The summed E-state index contributed by atoms with van der Waals surface area (Å²) < 4.78 is 6.52. The maximum atomic E-state index is 6.52. The standard InChI is InChI=1S/C50H33NO/c1-2-14-37(15-3-1)43-18-8-10-20-45(43)51(42-28-26-36(27-29-42)40-24-22-34-12-4-6-16-38(34)32-40)46-30-31-48-50(44-19-9-11-21-47(44)52-48)49(46)41-25-23-35-13-5-7-17-39(35)33-41/h1-33H. The fourth-order valence-corrected chi connectivity index (χ4v) is 7.74. The van der Waals surface area contributed by atoms with Crippen molar-refractivity contribution in [3.63, 3.8) is 0 Å². The summed E-state index contributed by atoms with van der Waals surface area (Å²) in [6.07, 6.45) is 0. The van der Waals surface area contributed by atoms with Crippen molar-refractivity contribution in [1.82, 2.24) is 0 Å². The Morgan fingerprint density at radius 2 is 0.942 bits per heavy atom. The molecule has 1 heterocycles. The van der Waals surface area contributed by atoms with E-state index in [0.717, 1.165) is 61.3 Å². The Morgan fingerprint density at radius 1 is 0.346 bits per heavy atom. The van der Waals surface area contributed by atoms with Gasteiger partial charge >= 0.3 is 0 Å². The van der Waals surface area contributed by atoms with Crippen LogP contribution < -0.4 is 4.90 Å². The van der Waals surface area contributed by atoms with Crippen LogP contribution in [0.15, 0.2) is 205 Å². The van der Waals surface area contributed by atoms with Gasteiger partial charge in [0.1, 0.15) is 11.2 Å². The highest BCUT2D eigenvalue weighted by Crippen LogP contribution is 2.49. The summed E-state index contributed by atoms with van der Waals surface area (Å²) in [7, 11) is 0. The van der Waals surface area contributed by atoms with Crippen molar-refractivity contribution in [2.45, 2.75) is 0 Å². The number of rotatable bonds is 6. The van der Waals surface area contributed by atoms with Crippen LogP contribution >= 0.6 is 0 Å². The number of furan rings is 1. The number of para-hydroxylation sites is 2. The molecule has 1 aromatic heterocycles. The lowest BCUT2D eigenvalue weighted by molar-refractivity contribution is 0.669. The van der Waals surface area contributed by atoms with Gasteiger partial charge in [-0.15, -0.1) is 0 Å². The molecule has 0 fully saturated rings. The average molecular weight is 664 g/mol. The molecule has 244 valence electrons. The number of hydrogen-bond acceptors (Lipinski definition) is 2. The van der Waals surface area contributed by atoms with E-state index in [0.29, 0.717) is 0 Å². The Bertz CT molecular complexity index is 2900. The first-order chi connectivity index (χ1) is 25.8. The second-order valence-electron chi connectivity index (χ2n) is 13.3. The quantitative estimate of drug-likeness (QED) is 0.176. The zero-order valence-electron chi connectivity index (χ0n) is 28.4. The highest BCUT2D eigenvalue weighted by atomic mass is 16.3. The van der Waals surface area contributed by atoms with Crippen LogP contribution in [0.5, 0.6) is 0 Å². The molecule has 0 spiro atoms. The Balaban J connectivity index is 1.25. The van der Waals surface area contributed by atoms with E-state index in [1.54, 1.807) is 0 Å². The van der Waals surface area contributed by atoms with Crippen molar-refractivity contribution in [1.29, 1.82) is 0 Å². The molecule has 0 aliphatic rings. The first-order valence-corrected chi connectivity index (χ1v) is 17.8. The minimum absolute atomic E-state index is 0.871. The predicted octanol–water partition coefficient (Wildman–Crippen LogP) is 14.4. The van der Waals surface area contributed by atoms with Gasteiger partial charge in [0.15, 0.2) is 0 Å². The van der Waals surface area contributed by atoms with E-state index in [-0.39, 0.29) is 0 Å². The molecule has 0 radical (unpaired) electrons. The molecule has 0 bridgehead atoms. The second-order valence-corrected chi connectivity index (χ2v) is 13.3. The molecule has 0 aliphatic carbocycles. The third kappa shape index (κ3) is 5.12. The summed E-state index contributed by atoms with van der Waals surface area (Å²) in [6, 6.07) is 71.8. The molecule has 9 aromatic carbocycles. The maximum Gasteiger partial charge on any atom is 0.136 e. The SMILES string of the molecule is c1ccc(-c2ccccc2N(c2ccc(-c3ccc4ccccc4c3)cc2)c2ccc3oc4ccccc4c3c2-c2ccc3ccccc3c2)cc1. The van der Waals surface area contributed by atoms with Gasteiger partial charge in [0.25, 0.3) is 0 Å². The molecular formula is C50H33NO. The molecule has 10 rings (SSSR count). The van der Waals surface area contributed by atoms with Gasteiger partial charge in [0.05, 0.1) is 11.4 Å². The maximum absolute atomic E-state index is 6.52. The molecule has 10 aromatic rings. The first kappa shape index (κ1) is 30.0. The molecule has 52 heavy (non-hydrogen) atoms. The van der Waals surface area contributed by atoms with Gasteiger partial charge in [-0.3, -0.25) is 0 Å². The highest BCUT2D eigenvalue weighted by Gasteiger charge is 2.24. The van der Waals surface area contributed by atoms with Gasteiger partial charge in [-0.05, 0) is 92.3 Å². The van der Waals surface area contributed by atoms with Crippen LogP contribution in [0.2, 0.25) is 0 Å². The second kappa shape index (κ2) is 12.5. The van der Waals surface area contributed by atoms with Crippen molar-refractivity contribution < 1.29 is 4.42 Å². The van der Waals surface area contributed by atoms with E-state index in [9.17, 15) is 0 Å². The normalized spacial score (nSPS) is 11.5. The Kier molecular flexibility index (Phi) is 7.18. The third-order valence-electron chi connectivity index (χ3n) is 10.2. The van der Waals surface area contributed by atoms with Crippen LogP contribution in [0, 0.1) is 0 Å². The predicted molar refractivity (Wildman–Crippen MR) is 220 cm³/mol. The summed E-state index contributed by atoms with van der Waals surface area (Å²) in [5.41, 5.74) is 12.0. The van der Waals surface area contributed by atoms with E-state index in [1.807, 2.05) is 6.07 Å². The highest BCUT2D eigenvalue weighted by molar-refractivity contribution is 6.17. The van der Waals surface area contributed by atoms with Crippen LogP contribution in [0.25, 0.3) is 76.9 Å². The summed E-state index contributed by atoms with van der Waals surface area (Å²) in [6.45, 7) is 0. The van der Waals surface area contributed by atoms with Gasteiger partial charge in [-0.1, -0.05) is 152 Å². The number of hydrogen-bond donors (Lipinski definition) is 0. The van der Waals surface area contributed by atoms with Crippen molar-refractivity contribution in [2.24, 2.45) is 0 Å². The molecule has 2 nitrogen and oxygen atoms in total. The Morgan fingerprint density at radius 3 is 1.71 bits per heavy atom. The van der Waals surface area contributed by atoms with Gasteiger partial charge in [-0.2, -0.15) is 0 Å². The number of benzene rings is 9. The van der Waals surface area contributed by atoms with Gasteiger partial charge in [0, 0.05) is 27.6 Å². The molecule has 2 heteroatoms. The van der Waals surface area contributed by atoms with Crippen molar-refractivity contribution in [3.05, 3.63) is 200 Å². The van der Waals surface area contributed by atoms with Crippen LogP contribution in [0.1, 0.15) is 0 Å². The minimum atomic E-state index is 0.871. The van der Waals surface area contributed by atoms with Gasteiger partial charge < -0.3 is 9.32 Å². The van der Waals surface area contributed by atoms with Crippen molar-refractivity contribution in [3.8, 4) is 33.4 Å². The molecule has 0 amide bonds. The summed E-state index contributed by atoms with van der Waals surface area (Å²) in [5.74, 6) is 0. The van der Waals surface area contributed by atoms with Crippen LogP contribution in [-0.4, -0.2) is 0 Å². The third-order valence-corrected chi connectivity index (χ3v) is 10.2. The summed E-state index contributed by atoms with van der Waals surface area (Å²) >= 11 is 0. The Labute approximate surface area is 302 Å². The van der Waals surface area contributed by atoms with Gasteiger partial charge in [-0.25, -0.2) is 0 Å². The summed E-state index contributed by atoms with van der Waals surface area (Å²) in [4.78, 5) is 2.43. The number of nitrogens with zero attached hydrogens (tertiary/aromatic N) is 1. The zero-order chi connectivity index (χ0) is 34.4. The molecule has 0 N–H and O–H groups in total. The van der Waals surface area contributed by atoms with Crippen LogP contribution in [-0.2, 0) is 0 Å². The van der Waals surface area contributed by atoms with E-state index >= 15 is 0 Å². The monoisotopic (exact) mass is 663 g/mol. The van der Waals surface area contributed by atoms with E-state index in [2.05, 4.69) is 199 Å². The Hall–Kier alpha value is -6.90. The fourth-order valence-electron chi connectivity index (χ4n) is 7.74.